The molecule has 0 aliphatic heterocycles. The number of benzene rings is 1. The van der Waals surface area contributed by atoms with E-state index in [1.54, 1.807) is 12.1 Å². The van der Waals surface area contributed by atoms with Gasteiger partial charge in [0, 0.05) is 0 Å². The van der Waals surface area contributed by atoms with Gasteiger partial charge >= 0.3 is 0 Å². The SMILES string of the molecule is COc1cc([C@@H]2[C@@H](CN)C2(C)C)cc(O)c1O. The van der Waals surface area contributed by atoms with E-state index in [2.05, 4.69) is 13.8 Å². The van der Waals surface area contributed by atoms with Crippen molar-refractivity contribution in [2.45, 2.75) is 19.8 Å². The summed E-state index contributed by atoms with van der Waals surface area (Å²) in [7, 11) is 1.47. The number of phenolic OH excluding ortho intramolecular Hbond substituents is 2. The van der Waals surface area contributed by atoms with Crippen molar-refractivity contribution >= 4 is 0 Å². The van der Waals surface area contributed by atoms with E-state index >= 15 is 0 Å². The molecule has 2 rings (SSSR count). The van der Waals surface area contributed by atoms with Crippen LogP contribution in [0.25, 0.3) is 0 Å². The van der Waals surface area contributed by atoms with Crippen LogP contribution in [0.3, 0.4) is 0 Å². The summed E-state index contributed by atoms with van der Waals surface area (Å²) in [6.45, 7) is 4.94. The van der Waals surface area contributed by atoms with E-state index in [9.17, 15) is 10.2 Å². The summed E-state index contributed by atoms with van der Waals surface area (Å²) < 4.78 is 5.04. The van der Waals surface area contributed by atoms with E-state index in [-0.39, 0.29) is 16.9 Å². The lowest BCUT2D eigenvalue weighted by Gasteiger charge is -2.09. The molecule has 0 bridgehead atoms. The fraction of sp³-hybridized carbons (Fsp3) is 0.538. The van der Waals surface area contributed by atoms with Crippen molar-refractivity contribution in [1.82, 2.24) is 0 Å². The van der Waals surface area contributed by atoms with Gasteiger partial charge in [-0.15, -0.1) is 0 Å². The second-order valence-electron chi connectivity index (χ2n) is 5.23. The first kappa shape index (κ1) is 12.0. The van der Waals surface area contributed by atoms with Crippen molar-refractivity contribution in [2.75, 3.05) is 13.7 Å². The summed E-state index contributed by atoms with van der Waals surface area (Å²) >= 11 is 0. The summed E-state index contributed by atoms with van der Waals surface area (Å²) in [5.74, 6) is 0.680. The van der Waals surface area contributed by atoms with Gasteiger partial charge in [0.25, 0.3) is 0 Å². The average Bonchev–Trinajstić information content (AvgIpc) is 2.84. The second-order valence-corrected chi connectivity index (χ2v) is 5.23. The molecule has 17 heavy (non-hydrogen) atoms. The molecule has 0 amide bonds. The molecule has 1 aromatic carbocycles. The fourth-order valence-electron chi connectivity index (χ4n) is 2.79. The maximum atomic E-state index is 9.66. The van der Waals surface area contributed by atoms with E-state index in [0.29, 0.717) is 24.1 Å². The van der Waals surface area contributed by atoms with Gasteiger partial charge in [0.15, 0.2) is 11.5 Å². The molecule has 0 heterocycles. The molecule has 2 atom stereocenters. The zero-order valence-corrected chi connectivity index (χ0v) is 10.4. The first-order chi connectivity index (χ1) is 7.93. The molecule has 1 fully saturated rings. The molecular formula is C13H19NO3. The Kier molecular flexibility index (Phi) is 2.70. The Hall–Kier alpha value is -1.42. The van der Waals surface area contributed by atoms with Gasteiger partial charge in [0.1, 0.15) is 0 Å². The Morgan fingerprint density at radius 1 is 1.35 bits per heavy atom. The minimum absolute atomic E-state index is 0.141. The van der Waals surface area contributed by atoms with Gasteiger partial charge in [0.2, 0.25) is 5.75 Å². The Morgan fingerprint density at radius 2 is 2.00 bits per heavy atom. The van der Waals surface area contributed by atoms with E-state index in [1.165, 1.54) is 7.11 Å². The molecule has 4 nitrogen and oxygen atoms in total. The molecule has 1 aromatic rings. The van der Waals surface area contributed by atoms with Crippen molar-refractivity contribution in [3.63, 3.8) is 0 Å². The Labute approximate surface area is 101 Å². The van der Waals surface area contributed by atoms with E-state index in [4.69, 9.17) is 10.5 Å². The number of phenols is 2. The lowest BCUT2D eigenvalue weighted by atomic mass is 10.0. The van der Waals surface area contributed by atoms with Gasteiger partial charge in [-0.1, -0.05) is 13.8 Å². The number of hydrogen-bond acceptors (Lipinski definition) is 4. The number of aromatic hydroxyl groups is 2. The monoisotopic (exact) mass is 237 g/mol. The van der Waals surface area contributed by atoms with Crippen LogP contribution in [0.2, 0.25) is 0 Å². The predicted molar refractivity (Wildman–Crippen MR) is 65.4 cm³/mol. The lowest BCUT2D eigenvalue weighted by molar-refractivity contribution is 0.350. The Balaban J connectivity index is 2.39. The Morgan fingerprint density at radius 3 is 2.47 bits per heavy atom. The highest BCUT2D eigenvalue weighted by atomic mass is 16.5. The predicted octanol–water partition coefficient (Wildman–Crippen LogP) is 1.80. The standard InChI is InChI=1S/C13H19NO3/c1-13(2)8(6-14)11(13)7-4-9(15)12(16)10(5-7)17-3/h4-5,8,11,15-16H,6,14H2,1-3H3/t8-,11-/m1/s1. The van der Waals surface area contributed by atoms with Gasteiger partial charge in [-0.25, -0.2) is 0 Å². The minimum atomic E-state index is -0.209. The van der Waals surface area contributed by atoms with Gasteiger partial charge in [-0.05, 0) is 41.5 Å². The zero-order chi connectivity index (χ0) is 12.8. The molecule has 1 aliphatic rings. The normalized spacial score (nSPS) is 25.6. The lowest BCUT2D eigenvalue weighted by Crippen LogP contribution is -2.05. The van der Waals surface area contributed by atoms with Crippen LogP contribution in [-0.2, 0) is 0 Å². The largest absolute Gasteiger partial charge is 0.504 e. The third-order valence-electron chi connectivity index (χ3n) is 3.96. The van der Waals surface area contributed by atoms with Crippen LogP contribution in [-0.4, -0.2) is 23.9 Å². The highest BCUT2D eigenvalue weighted by Crippen LogP contribution is 2.64. The third kappa shape index (κ3) is 1.72. The van der Waals surface area contributed by atoms with Crippen molar-refractivity contribution in [2.24, 2.45) is 17.1 Å². The van der Waals surface area contributed by atoms with Gasteiger partial charge < -0.3 is 20.7 Å². The minimum Gasteiger partial charge on any atom is -0.504 e. The highest BCUT2D eigenvalue weighted by molar-refractivity contribution is 5.54. The van der Waals surface area contributed by atoms with Crippen molar-refractivity contribution in [3.8, 4) is 17.2 Å². The maximum Gasteiger partial charge on any atom is 0.200 e. The number of rotatable bonds is 3. The van der Waals surface area contributed by atoms with Crippen LogP contribution in [0.4, 0.5) is 0 Å². The zero-order valence-electron chi connectivity index (χ0n) is 10.4. The van der Waals surface area contributed by atoms with E-state index < -0.39 is 0 Å². The quantitative estimate of drug-likeness (QED) is 0.701. The molecule has 0 aromatic heterocycles. The molecule has 1 aliphatic carbocycles. The summed E-state index contributed by atoms with van der Waals surface area (Å²) in [4.78, 5) is 0. The third-order valence-corrected chi connectivity index (χ3v) is 3.96. The van der Waals surface area contributed by atoms with Crippen LogP contribution >= 0.6 is 0 Å². The molecular weight excluding hydrogens is 218 g/mol. The number of nitrogens with two attached hydrogens (primary N) is 1. The van der Waals surface area contributed by atoms with Crippen LogP contribution in [0, 0.1) is 11.3 Å². The maximum absolute atomic E-state index is 9.66. The van der Waals surface area contributed by atoms with E-state index in [1.807, 2.05) is 0 Å². The average molecular weight is 237 g/mol. The van der Waals surface area contributed by atoms with Gasteiger partial charge in [-0.3, -0.25) is 0 Å². The molecule has 1 saturated carbocycles. The summed E-state index contributed by atoms with van der Waals surface area (Å²) in [5.41, 5.74) is 6.84. The van der Waals surface area contributed by atoms with Crippen LogP contribution in [0.15, 0.2) is 12.1 Å². The molecule has 0 unspecified atom stereocenters. The molecule has 94 valence electrons. The van der Waals surface area contributed by atoms with Crippen LogP contribution < -0.4 is 10.5 Å². The smallest absolute Gasteiger partial charge is 0.200 e. The molecule has 0 radical (unpaired) electrons. The van der Waals surface area contributed by atoms with Crippen LogP contribution in [0.5, 0.6) is 17.2 Å². The summed E-state index contributed by atoms with van der Waals surface area (Å²) in [6.07, 6.45) is 0. The van der Waals surface area contributed by atoms with Crippen molar-refractivity contribution in [1.29, 1.82) is 0 Å². The molecule has 0 spiro atoms. The first-order valence-electron chi connectivity index (χ1n) is 5.73. The molecule has 4 heteroatoms. The van der Waals surface area contributed by atoms with Crippen LogP contribution in [0.1, 0.15) is 25.3 Å². The van der Waals surface area contributed by atoms with Crippen molar-refractivity contribution < 1.29 is 14.9 Å². The molecule has 4 N–H and O–H groups in total. The number of hydrogen-bond donors (Lipinski definition) is 3. The summed E-state index contributed by atoms with van der Waals surface area (Å²) in [5, 5.41) is 19.2. The van der Waals surface area contributed by atoms with Crippen molar-refractivity contribution in [3.05, 3.63) is 17.7 Å². The first-order valence-corrected chi connectivity index (χ1v) is 5.73. The Bertz CT molecular complexity index is 443. The molecule has 0 saturated heterocycles. The highest BCUT2D eigenvalue weighted by Gasteiger charge is 2.57. The summed E-state index contributed by atoms with van der Waals surface area (Å²) in [6, 6.07) is 3.37. The second kappa shape index (κ2) is 3.81. The topological polar surface area (TPSA) is 75.7 Å². The number of methoxy groups -OCH3 is 1. The fourth-order valence-corrected chi connectivity index (χ4v) is 2.79. The van der Waals surface area contributed by atoms with Gasteiger partial charge in [0.05, 0.1) is 7.11 Å². The number of ether oxygens (including phenoxy) is 1. The van der Waals surface area contributed by atoms with E-state index in [0.717, 1.165) is 5.56 Å². The van der Waals surface area contributed by atoms with Gasteiger partial charge in [-0.2, -0.15) is 0 Å².